The predicted octanol–water partition coefficient (Wildman–Crippen LogP) is -0.385. The summed E-state index contributed by atoms with van der Waals surface area (Å²) in [7, 11) is 0. The lowest BCUT2D eigenvalue weighted by Gasteiger charge is -2.33. The summed E-state index contributed by atoms with van der Waals surface area (Å²) in [6.07, 6.45) is 0. The third-order valence-electron chi connectivity index (χ3n) is 2.80. The zero-order valence-corrected chi connectivity index (χ0v) is 10.3. The number of aryl methyl sites for hydroxylation is 1. The van der Waals surface area contributed by atoms with Crippen molar-refractivity contribution in [3.63, 3.8) is 0 Å². The fraction of sp³-hybridized carbons (Fsp3) is 0.636. The number of ether oxygens (including phenoxy) is 1. The molecule has 7 heteroatoms. The Morgan fingerprint density at radius 3 is 3.22 bits per heavy atom. The maximum atomic E-state index is 11.8. The molecular weight excluding hydrogens is 238 g/mol. The molecule has 1 fully saturated rings. The minimum absolute atomic E-state index is 0.0192. The van der Waals surface area contributed by atoms with Crippen LogP contribution in [-0.2, 0) is 9.53 Å². The minimum atomic E-state index is -0.188. The fourth-order valence-electron chi connectivity index (χ4n) is 1.85. The van der Waals surface area contributed by atoms with Crippen LogP contribution in [0, 0.1) is 6.92 Å². The number of amides is 1. The average molecular weight is 255 g/mol. The molecule has 0 radical (unpaired) electrons. The van der Waals surface area contributed by atoms with Crippen LogP contribution in [0.25, 0.3) is 0 Å². The highest BCUT2D eigenvalue weighted by molar-refractivity contribution is 5.91. The number of hydrogen-bond donors (Lipinski definition) is 2. The van der Waals surface area contributed by atoms with E-state index in [9.17, 15) is 9.90 Å². The average Bonchev–Trinajstić information content (AvgIpc) is 2.75. The van der Waals surface area contributed by atoms with Gasteiger partial charge in [-0.1, -0.05) is 5.16 Å². The molecule has 18 heavy (non-hydrogen) atoms. The molecule has 2 rings (SSSR count). The Kier molecular flexibility index (Phi) is 4.29. The quantitative estimate of drug-likeness (QED) is 0.762. The van der Waals surface area contributed by atoms with Crippen LogP contribution in [0.2, 0.25) is 0 Å². The number of aromatic nitrogens is 1. The van der Waals surface area contributed by atoms with Crippen molar-refractivity contribution in [2.75, 3.05) is 38.2 Å². The van der Waals surface area contributed by atoms with Crippen LogP contribution < -0.4 is 5.32 Å². The smallest absolute Gasteiger partial charge is 0.240 e. The number of aliphatic hydroxyl groups excluding tert-OH is 1. The monoisotopic (exact) mass is 255 g/mol. The summed E-state index contributed by atoms with van der Waals surface area (Å²) in [6, 6.07) is 1.53. The van der Waals surface area contributed by atoms with Crippen molar-refractivity contribution in [2.45, 2.75) is 13.0 Å². The van der Waals surface area contributed by atoms with Gasteiger partial charge in [0.25, 0.3) is 0 Å². The zero-order chi connectivity index (χ0) is 13.0. The fourth-order valence-corrected chi connectivity index (χ4v) is 1.85. The van der Waals surface area contributed by atoms with Gasteiger partial charge < -0.3 is 14.4 Å². The van der Waals surface area contributed by atoms with E-state index < -0.39 is 0 Å². The lowest BCUT2D eigenvalue weighted by atomic mass is 10.2. The molecule has 0 aromatic carbocycles. The van der Waals surface area contributed by atoms with Gasteiger partial charge in [0.15, 0.2) is 0 Å². The molecule has 1 aliphatic rings. The van der Waals surface area contributed by atoms with Gasteiger partial charge in [-0.3, -0.25) is 15.0 Å². The van der Waals surface area contributed by atoms with Crippen molar-refractivity contribution >= 4 is 11.8 Å². The molecule has 0 saturated carbocycles. The molecular formula is C11H17N3O4. The van der Waals surface area contributed by atoms with E-state index in [1.165, 1.54) is 0 Å². The van der Waals surface area contributed by atoms with E-state index in [1.807, 2.05) is 4.90 Å². The number of carbonyl (C=O) groups excluding carboxylic acids is 1. The van der Waals surface area contributed by atoms with Gasteiger partial charge in [0.1, 0.15) is 0 Å². The van der Waals surface area contributed by atoms with E-state index in [2.05, 4.69) is 10.5 Å². The summed E-state index contributed by atoms with van der Waals surface area (Å²) < 4.78 is 10.1. The van der Waals surface area contributed by atoms with Crippen molar-refractivity contribution in [1.82, 2.24) is 10.1 Å². The molecule has 0 spiro atoms. The van der Waals surface area contributed by atoms with E-state index in [1.54, 1.807) is 13.0 Å². The predicted molar refractivity (Wildman–Crippen MR) is 63.1 cm³/mol. The second-order valence-electron chi connectivity index (χ2n) is 4.26. The lowest BCUT2D eigenvalue weighted by molar-refractivity contribution is -0.120. The van der Waals surface area contributed by atoms with Crippen molar-refractivity contribution in [2.24, 2.45) is 0 Å². The maximum absolute atomic E-state index is 11.8. The lowest BCUT2D eigenvalue weighted by Crippen LogP contribution is -2.50. The van der Waals surface area contributed by atoms with Gasteiger partial charge in [-0.25, -0.2) is 0 Å². The molecule has 0 aliphatic carbocycles. The van der Waals surface area contributed by atoms with Gasteiger partial charge in [0, 0.05) is 12.6 Å². The number of anilines is 1. The highest BCUT2D eigenvalue weighted by Crippen LogP contribution is 2.10. The zero-order valence-electron chi connectivity index (χ0n) is 10.3. The minimum Gasteiger partial charge on any atom is -0.395 e. The molecule has 2 heterocycles. The van der Waals surface area contributed by atoms with Crippen molar-refractivity contribution in [3.8, 4) is 0 Å². The van der Waals surface area contributed by atoms with Gasteiger partial charge in [-0.05, 0) is 6.92 Å². The van der Waals surface area contributed by atoms with Crippen LogP contribution in [0.5, 0.6) is 0 Å². The number of aliphatic hydroxyl groups is 1. The summed E-state index contributed by atoms with van der Waals surface area (Å²) in [6.45, 7) is 3.62. The van der Waals surface area contributed by atoms with E-state index in [-0.39, 0.29) is 25.1 Å². The van der Waals surface area contributed by atoms with Crippen LogP contribution in [0.4, 0.5) is 5.88 Å². The van der Waals surface area contributed by atoms with Gasteiger partial charge in [-0.2, -0.15) is 0 Å². The third-order valence-corrected chi connectivity index (χ3v) is 2.80. The van der Waals surface area contributed by atoms with E-state index in [4.69, 9.17) is 9.26 Å². The number of morpholine rings is 1. The van der Waals surface area contributed by atoms with Crippen LogP contribution in [0.15, 0.2) is 10.6 Å². The Balaban J connectivity index is 1.86. The number of nitrogens with zero attached hydrogens (tertiary/aromatic N) is 2. The number of rotatable bonds is 4. The highest BCUT2D eigenvalue weighted by Gasteiger charge is 2.24. The molecule has 0 bridgehead atoms. The number of nitrogens with one attached hydrogen (secondary N) is 1. The topological polar surface area (TPSA) is 87.8 Å². The SMILES string of the molecule is Cc1cc(NC(=O)CN2CCOCC2CO)on1. The Labute approximate surface area is 105 Å². The number of carbonyl (C=O) groups is 1. The Bertz CT molecular complexity index is 407. The van der Waals surface area contributed by atoms with Gasteiger partial charge in [-0.15, -0.1) is 0 Å². The van der Waals surface area contributed by atoms with E-state index >= 15 is 0 Å². The van der Waals surface area contributed by atoms with Crippen molar-refractivity contribution in [1.29, 1.82) is 0 Å². The summed E-state index contributed by atoms with van der Waals surface area (Å²) >= 11 is 0. The summed E-state index contributed by atoms with van der Waals surface area (Å²) in [4.78, 5) is 13.7. The van der Waals surface area contributed by atoms with E-state index in [0.29, 0.717) is 31.3 Å². The molecule has 7 nitrogen and oxygen atoms in total. The Morgan fingerprint density at radius 1 is 1.72 bits per heavy atom. The second-order valence-corrected chi connectivity index (χ2v) is 4.26. The summed E-state index contributed by atoms with van der Waals surface area (Å²) in [5.41, 5.74) is 0.713. The Morgan fingerprint density at radius 2 is 2.56 bits per heavy atom. The van der Waals surface area contributed by atoms with Gasteiger partial charge in [0.05, 0.1) is 38.1 Å². The normalized spacial score (nSPS) is 20.9. The molecule has 1 atom stereocenters. The Hall–Kier alpha value is -1.44. The molecule has 1 aliphatic heterocycles. The third kappa shape index (κ3) is 3.28. The van der Waals surface area contributed by atoms with Crippen LogP contribution in [-0.4, -0.2) is 60.0 Å². The van der Waals surface area contributed by atoms with Crippen molar-refractivity contribution in [3.05, 3.63) is 11.8 Å². The summed E-state index contributed by atoms with van der Waals surface area (Å²) in [5, 5.41) is 15.5. The highest BCUT2D eigenvalue weighted by atomic mass is 16.5. The molecule has 100 valence electrons. The van der Waals surface area contributed by atoms with Crippen molar-refractivity contribution < 1.29 is 19.2 Å². The molecule has 2 N–H and O–H groups in total. The second kappa shape index (κ2) is 5.94. The molecule has 1 amide bonds. The first-order valence-electron chi connectivity index (χ1n) is 5.85. The van der Waals surface area contributed by atoms with E-state index in [0.717, 1.165) is 0 Å². The first kappa shape index (κ1) is 13.0. The largest absolute Gasteiger partial charge is 0.395 e. The molecule has 1 aromatic rings. The molecule has 1 aromatic heterocycles. The number of hydrogen-bond acceptors (Lipinski definition) is 6. The molecule has 1 unspecified atom stereocenters. The first-order valence-corrected chi connectivity index (χ1v) is 5.85. The van der Waals surface area contributed by atoms with Gasteiger partial charge >= 0.3 is 0 Å². The van der Waals surface area contributed by atoms with Crippen LogP contribution in [0.1, 0.15) is 5.69 Å². The maximum Gasteiger partial charge on any atom is 0.240 e. The van der Waals surface area contributed by atoms with Crippen LogP contribution in [0.3, 0.4) is 0 Å². The standard InChI is InChI=1S/C11H17N3O4/c1-8-4-11(18-13-8)12-10(16)5-14-2-3-17-7-9(14)6-15/h4,9,15H,2-3,5-7H2,1H3,(H,12,16). The van der Waals surface area contributed by atoms with Crippen LogP contribution >= 0.6 is 0 Å². The first-order chi connectivity index (χ1) is 8.69. The summed E-state index contributed by atoms with van der Waals surface area (Å²) in [5.74, 6) is 0.151. The van der Waals surface area contributed by atoms with Gasteiger partial charge in [0.2, 0.25) is 11.8 Å². The molecule has 1 saturated heterocycles.